The smallest absolute Gasteiger partial charge is 0.156 e. The molecular weight excluding hydrogens is 196 g/mol. The van der Waals surface area contributed by atoms with Crippen molar-refractivity contribution < 1.29 is 4.79 Å². The highest BCUT2D eigenvalue weighted by molar-refractivity contribution is 5.90. The zero-order valence-corrected chi connectivity index (χ0v) is 11.3. The first kappa shape index (κ1) is 13.2. The lowest BCUT2D eigenvalue weighted by Gasteiger charge is -2.36. The monoisotopic (exact) mass is 220 g/mol. The van der Waals surface area contributed by atoms with Gasteiger partial charge in [0.2, 0.25) is 0 Å². The first-order valence-corrected chi connectivity index (χ1v) is 6.16. The molecule has 1 aliphatic rings. The van der Waals surface area contributed by atoms with Crippen LogP contribution in [0.2, 0.25) is 0 Å². The van der Waals surface area contributed by atoms with Crippen LogP contribution in [0.4, 0.5) is 0 Å². The van der Waals surface area contributed by atoms with Crippen molar-refractivity contribution in [3.05, 3.63) is 23.3 Å². The lowest BCUT2D eigenvalue weighted by Crippen LogP contribution is -2.27. The summed E-state index contributed by atoms with van der Waals surface area (Å²) in [6.45, 7) is 10.7. The van der Waals surface area contributed by atoms with Gasteiger partial charge in [0.1, 0.15) is 0 Å². The van der Waals surface area contributed by atoms with Gasteiger partial charge >= 0.3 is 0 Å². The van der Waals surface area contributed by atoms with E-state index in [1.54, 1.807) is 6.08 Å². The van der Waals surface area contributed by atoms with Gasteiger partial charge in [-0.25, -0.2) is 0 Å². The van der Waals surface area contributed by atoms with E-state index in [1.807, 2.05) is 13.8 Å². The summed E-state index contributed by atoms with van der Waals surface area (Å²) in [5.41, 5.74) is 2.80. The molecule has 0 amide bonds. The van der Waals surface area contributed by atoms with Gasteiger partial charge in [-0.3, -0.25) is 4.79 Å². The minimum absolute atomic E-state index is 0.268. The van der Waals surface area contributed by atoms with Crippen molar-refractivity contribution in [2.45, 2.75) is 53.9 Å². The van der Waals surface area contributed by atoms with Crippen LogP contribution in [0.5, 0.6) is 0 Å². The molecule has 0 radical (unpaired) electrons. The minimum Gasteiger partial charge on any atom is -0.295 e. The van der Waals surface area contributed by atoms with Crippen molar-refractivity contribution in [1.82, 2.24) is 0 Å². The highest BCUT2D eigenvalue weighted by atomic mass is 16.1. The Kier molecular flexibility index (Phi) is 4.12. The Labute approximate surface area is 99.6 Å². The second-order valence-corrected chi connectivity index (χ2v) is 6.00. The summed E-state index contributed by atoms with van der Waals surface area (Å²) in [6, 6.07) is 0. The number of rotatable bonds is 3. The van der Waals surface area contributed by atoms with Gasteiger partial charge in [0.05, 0.1) is 0 Å². The molecule has 1 aliphatic carbocycles. The molecule has 0 bridgehead atoms. The van der Waals surface area contributed by atoms with E-state index in [4.69, 9.17) is 0 Å². The lowest BCUT2D eigenvalue weighted by molar-refractivity contribution is -0.116. The zero-order valence-electron chi connectivity index (χ0n) is 11.3. The average Bonchev–Trinajstić information content (AvgIpc) is 2.10. The van der Waals surface area contributed by atoms with Crippen molar-refractivity contribution in [2.24, 2.45) is 11.3 Å². The predicted octanol–water partition coefficient (Wildman–Crippen LogP) is 4.29. The van der Waals surface area contributed by atoms with E-state index in [0.717, 1.165) is 5.57 Å². The molecule has 0 aromatic rings. The number of carbonyl (C=O) groups is 1. The molecule has 0 saturated carbocycles. The Morgan fingerprint density at radius 1 is 1.50 bits per heavy atom. The summed E-state index contributed by atoms with van der Waals surface area (Å²) < 4.78 is 0. The van der Waals surface area contributed by atoms with Gasteiger partial charge in [0.15, 0.2) is 5.78 Å². The molecule has 1 atom stereocenters. The average molecular weight is 220 g/mol. The van der Waals surface area contributed by atoms with Crippen molar-refractivity contribution in [3.63, 3.8) is 0 Å². The van der Waals surface area contributed by atoms with Crippen LogP contribution in [-0.2, 0) is 4.79 Å². The zero-order chi connectivity index (χ0) is 12.3. The molecule has 0 aromatic heterocycles. The van der Waals surface area contributed by atoms with Gasteiger partial charge in [-0.1, -0.05) is 31.1 Å². The lowest BCUT2D eigenvalue weighted by atomic mass is 9.68. The van der Waals surface area contributed by atoms with Crippen molar-refractivity contribution in [1.29, 1.82) is 0 Å². The van der Waals surface area contributed by atoms with E-state index in [9.17, 15) is 4.79 Å². The van der Waals surface area contributed by atoms with E-state index >= 15 is 0 Å². The molecule has 1 nitrogen and oxygen atoms in total. The number of allylic oxidation sites excluding steroid dienone is 4. The summed E-state index contributed by atoms with van der Waals surface area (Å²) in [7, 11) is 0. The van der Waals surface area contributed by atoms with Gasteiger partial charge in [0, 0.05) is 6.42 Å². The van der Waals surface area contributed by atoms with E-state index < -0.39 is 0 Å². The standard InChI is InChI=1S/C15H24O/c1-11(2)8-14(16)10-13-9-12(3)6-7-15(13,4)5/h8-9,13H,6-7,10H2,1-5H3. The van der Waals surface area contributed by atoms with Crippen molar-refractivity contribution in [3.8, 4) is 0 Å². The molecule has 0 aliphatic heterocycles. The third-order valence-corrected chi connectivity index (χ3v) is 3.52. The predicted molar refractivity (Wildman–Crippen MR) is 69.3 cm³/mol. The van der Waals surface area contributed by atoms with Crippen LogP contribution in [0.15, 0.2) is 23.3 Å². The van der Waals surface area contributed by atoms with E-state index in [2.05, 4.69) is 26.8 Å². The molecule has 0 fully saturated rings. The third kappa shape index (κ3) is 3.62. The molecule has 1 unspecified atom stereocenters. The summed E-state index contributed by atoms with van der Waals surface area (Å²) in [4.78, 5) is 11.8. The highest BCUT2D eigenvalue weighted by Crippen LogP contribution is 2.41. The van der Waals surface area contributed by atoms with E-state index in [1.165, 1.54) is 18.4 Å². The highest BCUT2D eigenvalue weighted by Gasteiger charge is 2.31. The van der Waals surface area contributed by atoms with Crippen LogP contribution in [0.3, 0.4) is 0 Å². The van der Waals surface area contributed by atoms with Crippen molar-refractivity contribution in [2.75, 3.05) is 0 Å². The minimum atomic E-state index is 0.268. The van der Waals surface area contributed by atoms with Crippen LogP contribution >= 0.6 is 0 Å². The number of ketones is 1. The van der Waals surface area contributed by atoms with Gasteiger partial charge in [-0.05, 0) is 51.0 Å². The van der Waals surface area contributed by atoms with Gasteiger partial charge in [0.25, 0.3) is 0 Å². The second kappa shape index (κ2) is 4.99. The Hall–Kier alpha value is -0.850. The molecule has 1 rings (SSSR count). The molecular formula is C15H24O. The normalized spacial score (nSPS) is 23.6. The molecule has 0 N–H and O–H groups in total. The maximum atomic E-state index is 11.8. The Morgan fingerprint density at radius 3 is 2.69 bits per heavy atom. The number of hydrogen-bond donors (Lipinski definition) is 0. The molecule has 0 heterocycles. The molecule has 0 spiro atoms. The largest absolute Gasteiger partial charge is 0.295 e. The van der Waals surface area contributed by atoms with Crippen LogP contribution in [0.1, 0.15) is 53.9 Å². The molecule has 1 heteroatoms. The Bertz CT molecular complexity index is 327. The van der Waals surface area contributed by atoms with E-state index in [0.29, 0.717) is 12.3 Å². The SMILES string of the molecule is CC(C)=CC(=O)CC1C=C(C)CCC1(C)C. The van der Waals surface area contributed by atoms with Crippen LogP contribution < -0.4 is 0 Å². The molecule has 0 aromatic carbocycles. The Balaban J connectivity index is 2.75. The molecule has 90 valence electrons. The quantitative estimate of drug-likeness (QED) is 0.512. The summed E-state index contributed by atoms with van der Waals surface area (Å²) >= 11 is 0. The first-order valence-electron chi connectivity index (χ1n) is 6.16. The molecule has 16 heavy (non-hydrogen) atoms. The van der Waals surface area contributed by atoms with Gasteiger partial charge < -0.3 is 0 Å². The fourth-order valence-electron chi connectivity index (χ4n) is 2.29. The van der Waals surface area contributed by atoms with Crippen LogP contribution in [0.25, 0.3) is 0 Å². The summed E-state index contributed by atoms with van der Waals surface area (Å²) in [5, 5.41) is 0. The fourth-order valence-corrected chi connectivity index (χ4v) is 2.29. The topological polar surface area (TPSA) is 17.1 Å². The maximum absolute atomic E-state index is 11.8. The molecule has 0 saturated heterocycles. The third-order valence-electron chi connectivity index (χ3n) is 3.52. The van der Waals surface area contributed by atoms with Crippen LogP contribution in [0, 0.1) is 11.3 Å². The second-order valence-electron chi connectivity index (χ2n) is 6.00. The Morgan fingerprint density at radius 2 is 2.12 bits per heavy atom. The van der Waals surface area contributed by atoms with Gasteiger partial charge in [-0.15, -0.1) is 0 Å². The number of hydrogen-bond acceptors (Lipinski definition) is 1. The van der Waals surface area contributed by atoms with Crippen LogP contribution in [-0.4, -0.2) is 5.78 Å². The fraction of sp³-hybridized carbons (Fsp3) is 0.667. The summed E-state index contributed by atoms with van der Waals surface area (Å²) in [5.74, 6) is 0.674. The maximum Gasteiger partial charge on any atom is 0.156 e. The van der Waals surface area contributed by atoms with Crippen molar-refractivity contribution >= 4 is 5.78 Å². The summed E-state index contributed by atoms with van der Waals surface area (Å²) in [6.07, 6.45) is 7.12. The first-order chi connectivity index (χ1) is 7.31. The van der Waals surface area contributed by atoms with E-state index in [-0.39, 0.29) is 11.2 Å². The number of carbonyl (C=O) groups excluding carboxylic acids is 1. The van der Waals surface area contributed by atoms with Gasteiger partial charge in [-0.2, -0.15) is 0 Å².